The molecular weight excluding hydrogens is 441 g/mol. The Kier molecular flexibility index (Phi) is 7.40. The summed E-state index contributed by atoms with van der Waals surface area (Å²) in [5, 5.41) is 14.6. The van der Waals surface area contributed by atoms with Gasteiger partial charge in [-0.3, -0.25) is 9.59 Å². The van der Waals surface area contributed by atoms with Gasteiger partial charge in [0.2, 0.25) is 5.91 Å². The number of alkyl halides is 3. The highest BCUT2D eigenvalue weighted by molar-refractivity contribution is 8.00. The molecule has 2 N–H and O–H groups in total. The van der Waals surface area contributed by atoms with Crippen molar-refractivity contribution in [2.24, 2.45) is 0 Å². The number of aromatic nitrogens is 1. The van der Waals surface area contributed by atoms with Gasteiger partial charge in [-0.1, -0.05) is 36.7 Å². The van der Waals surface area contributed by atoms with E-state index in [2.05, 4.69) is 15.6 Å². The number of nitriles is 1. The van der Waals surface area contributed by atoms with Gasteiger partial charge in [0, 0.05) is 11.7 Å². The third-order valence-electron chi connectivity index (χ3n) is 5.01. The Balaban J connectivity index is 1.71. The van der Waals surface area contributed by atoms with E-state index < -0.39 is 23.2 Å². The number of hydrogen-bond donors (Lipinski definition) is 2. The Morgan fingerprint density at radius 3 is 2.59 bits per heavy atom. The van der Waals surface area contributed by atoms with Gasteiger partial charge in [-0.2, -0.15) is 18.4 Å². The highest BCUT2D eigenvalue weighted by Gasteiger charge is 2.35. The maximum atomic E-state index is 13.2. The van der Waals surface area contributed by atoms with Crippen LogP contribution in [0.3, 0.4) is 0 Å². The Morgan fingerprint density at radius 2 is 1.94 bits per heavy atom. The zero-order valence-electron chi connectivity index (χ0n) is 17.3. The number of carbonyl (C=O) groups excluding carboxylic acids is 2. The quantitative estimate of drug-likeness (QED) is 0.608. The number of anilines is 1. The van der Waals surface area contributed by atoms with Crippen molar-refractivity contribution < 1.29 is 22.8 Å². The van der Waals surface area contributed by atoms with Crippen molar-refractivity contribution in [2.45, 2.75) is 49.9 Å². The standard InChI is InChI=1S/C22H21F3N4O2S/c1-13-10-17(22(23,24)25)16(11-26)21(27-13)32-12-19(30)29-18-9-5-4-8-15(18)20(31)28-14-6-2-3-7-14/h4-5,8-10,14H,2-3,6-7,12H2,1H3,(H,28,31)(H,29,30). The SMILES string of the molecule is Cc1cc(C(F)(F)F)c(C#N)c(SCC(=O)Nc2ccccc2C(=O)NC2CCCC2)n1. The van der Waals surface area contributed by atoms with Crippen LogP contribution in [0.15, 0.2) is 35.4 Å². The van der Waals surface area contributed by atoms with Gasteiger partial charge in [-0.15, -0.1) is 0 Å². The molecule has 6 nitrogen and oxygen atoms in total. The van der Waals surface area contributed by atoms with E-state index in [0.29, 0.717) is 11.3 Å². The summed E-state index contributed by atoms with van der Waals surface area (Å²) in [7, 11) is 0. The van der Waals surface area contributed by atoms with Crippen LogP contribution in [0.5, 0.6) is 0 Å². The normalized spacial score (nSPS) is 14.1. The van der Waals surface area contributed by atoms with Crippen LogP contribution < -0.4 is 10.6 Å². The first-order valence-electron chi connectivity index (χ1n) is 10.0. The lowest BCUT2D eigenvalue weighted by molar-refractivity contribution is -0.138. The van der Waals surface area contributed by atoms with Crippen LogP contribution in [0.4, 0.5) is 18.9 Å². The fourth-order valence-corrected chi connectivity index (χ4v) is 4.37. The van der Waals surface area contributed by atoms with Crippen molar-refractivity contribution >= 4 is 29.3 Å². The number of amides is 2. The van der Waals surface area contributed by atoms with E-state index in [4.69, 9.17) is 0 Å². The average Bonchev–Trinajstić information content (AvgIpc) is 3.24. The van der Waals surface area contributed by atoms with Gasteiger partial charge >= 0.3 is 6.18 Å². The highest BCUT2D eigenvalue weighted by Crippen LogP contribution is 2.35. The molecule has 1 saturated carbocycles. The minimum absolute atomic E-state index is 0.0909. The molecule has 0 aliphatic heterocycles. The number of nitrogens with zero attached hydrogens (tertiary/aromatic N) is 2. The molecule has 0 radical (unpaired) electrons. The molecule has 0 atom stereocenters. The first-order chi connectivity index (χ1) is 15.2. The molecule has 2 aromatic rings. The second kappa shape index (κ2) is 10.0. The molecule has 1 fully saturated rings. The summed E-state index contributed by atoms with van der Waals surface area (Å²) in [5.74, 6) is -1.10. The molecule has 32 heavy (non-hydrogen) atoms. The summed E-state index contributed by atoms with van der Waals surface area (Å²) in [5.41, 5.74) is -0.986. The van der Waals surface area contributed by atoms with Crippen LogP contribution in [-0.2, 0) is 11.0 Å². The lowest BCUT2D eigenvalue weighted by atomic mass is 10.1. The maximum Gasteiger partial charge on any atom is 0.417 e. The molecule has 1 heterocycles. The summed E-state index contributed by atoms with van der Waals surface area (Å²) in [6.07, 6.45) is -0.742. The number of aryl methyl sites for hydroxylation is 1. The fraction of sp³-hybridized carbons (Fsp3) is 0.364. The van der Waals surface area contributed by atoms with Crippen LogP contribution in [-0.4, -0.2) is 28.6 Å². The first-order valence-corrected chi connectivity index (χ1v) is 11.0. The van der Waals surface area contributed by atoms with Gasteiger partial charge < -0.3 is 10.6 Å². The summed E-state index contributed by atoms with van der Waals surface area (Å²) in [6, 6.07) is 8.99. The highest BCUT2D eigenvalue weighted by atomic mass is 32.2. The molecule has 2 amide bonds. The van der Waals surface area contributed by atoms with Crippen molar-refractivity contribution in [3.63, 3.8) is 0 Å². The van der Waals surface area contributed by atoms with E-state index >= 15 is 0 Å². The van der Waals surface area contributed by atoms with Gasteiger partial charge in [0.25, 0.3) is 5.91 Å². The zero-order chi connectivity index (χ0) is 23.3. The molecule has 168 valence electrons. The maximum absolute atomic E-state index is 13.2. The van der Waals surface area contributed by atoms with Crippen LogP contribution in [0, 0.1) is 18.3 Å². The number of thioether (sulfide) groups is 1. The van der Waals surface area contributed by atoms with E-state index in [0.717, 1.165) is 43.5 Å². The number of pyridine rings is 1. The minimum Gasteiger partial charge on any atom is -0.349 e. The van der Waals surface area contributed by atoms with E-state index in [-0.39, 0.29) is 28.4 Å². The topological polar surface area (TPSA) is 94.9 Å². The molecule has 0 unspecified atom stereocenters. The smallest absolute Gasteiger partial charge is 0.349 e. The number of para-hydroxylation sites is 1. The lowest BCUT2D eigenvalue weighted by Crippen LogP contribution is -2.33. The second-order valence-corrected chi connectivity index (χ2v) is 8.40. The molecule has 10 heteroatoms. The number of benzene rings is 1. The third kappa shape index (κ3) is 5.79. The number of hydrogen-bond acceptors (Lipinski definition) is 5. The van der Waals surface area contributed by atoms with Gasteiger partial charge in [0.15, 0.2) is 0 Å². The van der Waals surface area contributed by atoms with Gasteiger partial charge in [-0.05, 0) is 38.0 Å². The molecule has 1 aromatic heterocycles. The fourth-order valence-electron chi connectivity index (χ4n) is 3.52. The van der Waals surface area contributed by atoms with E-state index in [9.17, 15) is 28.0 Å². The van der Waals surface area contributed by atoms with Crippen molar-refractivity contribution in [3.05, 3.63) is 52.7 Å². The Morgan fingerprint density at radius 1 is 1.25 bits per heavy atom. The Labute approximate surface area is 187 Å². The Bertz CT molecular complexity index is 1060. The summed E-state index contributed by atoms with van der Waals surface area (Å²) >= 11 is 0.738. The van der Waals surface area contributed by atoms with Crippen LogP contribution in [0.1, 0.15) is 52.9 Å². The molecule has 1 aliphatic rings. The van der Waals surface area contributed by atoms with E-state index in [1.54, 1.807) is 30.3 Å². The molecule has 0 saturated heterocycles. The van der Waals surface area contributed by atoms with Crippen molar-refractivity contribution in [3.8, 4) is 6.07 Å². The Hall–Kier alpha value is -3.06. The van der Waals surface area contributed by atoms with Crippen LogP contribution >= 0.6 is 11.8 Å². The van der Waals surface area contributed by atoms with E-state index in [1.807, 2.05) is 0 Å². The molecule has 1 aliphatic carbocycles. The van der Waals surface area contributed by atoms with E-state index in [1.165, 1.54) is 6.92 Å². The first kappa shape index (κ1) is 23.6. The van der Waals surface area contributed by atoms with Gasteiger partial charge in [0.1, 0.15) is 11.1 Å². The van der Waals surface area contributed by atoms with Crippen molar-refractivity contribution in [2.75, 3.05) is 11.1 Å². The number of halogens is 3. The number of rotatable bonds is 6. The largest absolute Gasteiger partial charge is 0.417 e. The predicted molar refractivity (Wildman–Crippen MR) is 114 cm³/mol. The van der Waals surface area contributed by atoms with Gasteiger partial charge in [0.05, 0.1) is 28.1 Å². The van der Waals surface area contributed by atoms with Gasteiger partial charge in [-0.25, -0.2) is 4.98 Å². The van der Waals surface area contributed by atoms with Crippen molar-refractivity contribution in [1.82, 2.24) is 10.3 Å². The van der Waals surface area contributed by atoms with Crippen LogP contribution in [0.2, 0.25) is 0 Å². The van der Waals surface area contributed by atoms with Crippen molar-refractivity contribution in [1.29, 1.82) is 5.26 Å². The second-order valence-electron chi connectivity index (χ2n) is 7.44. The van der Waals surface area contributed by atoms with Crippen LogP contribution in [0.25, 0.3) is 0 Å². The minimum atomic E-state index is -4.71. The lowest BCUT2D eigenvalue weighted by Gasteiger charge is -2.15. The summed E-state index contributed by atoms with van der Waals surface area (Å²) in [4.78, 5) is 29.1. The molecule has 1 aromatic carbocycles. The monoisotopic (exact) mass is 462 g/mol. The number of nitrogens with one attached hydrogen (secondary N) is 2. The molecule has 0 bridgehead atoms. The summed E-state index contributed by atoms with van der Waals surface area (Å²) < 4.78 is 39.7. The number of carbonyl (C=O) groups is 2. The zero-order valence-corrected chi connectivity index (χ0v) is 18.1. The molecular formula is C22H21F3N4O2S. The predicted octanol–water partition coefficient (Wildman–Crippen LogP) is 4.68. The summed E-state index contributed by atoms with van der Waals surface area (Å²) in [6.45, 7) is 1.39. The third-order valence-corrected chi connectivity index (χ3v) is 5.98. The molecule has 3 rings (SSSR count). The average molecular weight is 462 g/mol. The molecule has 0 spiro atoms.